The Labute approximate surface area is 191 Å². The lowest BCUT2D eigenvalue weighted by Crippen LogP contribution is -2.20. The third kappa shape index (κ3) is 4.75. The first-order valence-electron chi connectivity index (χ1n) is 10.6. The highest BCUT2D eigenvalue weighted by Gasteiger charge is 2.29. The standard InChI is InChI=1S/C23H20F3N5OS/c24-23(25,26)13-31-7-5-17-16(4-6-28-22(17)31)18-10-27-11-19(30-18)20-9-15(12-33-20)29-21(32)8-14-2-1-3-14/h4-7,9-12,14H,1-3,8,13H2,(H,29,32). The molecule has 33 heavy (non-hydrogen) atoms. The summed E-state index contributed by atoms with van der Waals surface area (Å²) < 4.78 is 39.7. The lowest BCUT2D eigenvalue weighted by molar-refractivity contribution is -0.140. The van der Waals surface area contributed by atoms with Crippen LogP contribution in [0.15, 0.2) is 48.4 Å². The van der Waals surface area contributed by atoms with Crippen molar-refractivity contribution in [1.29, 1.82) is 0 Å². The Morgan fingerprint density at radius 1 is 1.21 bits per heavy atom. The number of amides is 1. The van der Waals surface area contributed by atoms with Crippen LogP contribution in [0, 0.1) is 5.92 Å². The summed E-state index contributed by atoms with van der Waals surface area (Å²) in [6.07, 6.45) is 5.70. The van der Waals surface area contributed by atoms with Gasteiger partial charge in [-0.3, -0.25) is 9.78 Å². The van der Waals surface area contributed by atoms with Crippen LogP contribution in [0.1, 0.15) is 25.7 Å². The fraction of sp³-hybridized carbons (Fsp3) is 0.304. The molecule has 1 saturated carbocycles. The Morgan fingerprint density at radius 3 is 2.79 bits per heavy atom. The molecule has 0 saturated heterocycles. The second-order valence-electron chi connectivity index (χ2n) is 8.19. The number of carbonyl (C=O) groups excluding carboxylic acids is 1. The maximum Gasteiger partial charge on any atom is 0.406 e. The van der Waals surface area contributed by atoms with Gasteiger partial charge in [0.1, 0.15) is 12.2 Å². The van der Waals surface area contributed by atoms with Gasteiger partial charge in [0.25, 0.3) is 0 Å². The summed E-state index contributed by atoms with van der Waals surface area (Å²) in [4.78, 5) is 26.1. The van der Waals surface area contributed by atoms with E-state index in [1.54, 1.807) is 24.5 Å². The molecule has 1 fully saturated rings. The number of thiophene rings is 1. The minimum absolute atomic E-state index is 0.0198. The smallest absolute Gasteiger partial charge is 0.325 e. The van der Waals surface area contributed by atoms with Crippen LogP contribution in [0.2, 0.25) is 0 Å². The van der Waals surface area contributed by atoms with Crippen molar-refractivity contribution in [3.8, 4) is 21.8 Å². The fourth-order valence-electron chi connectivity index (χ4n) is 3.96. The maximum atomic E-state index is 12.9. The molecule has 0 unspecified atom stereocenters. The Bertz CT molecular complexity index is 1310. The molecule has 1 aliphatic rings. The molecular weight excluding hydrogens is 451 g/mol. The number of nitrogens with zero attached hydrogens (tertiary/aromatic N) is 4. The average Bonchev–Trinajstić information content (AvgIpc) is 3.37. The van der Waals surface area contributed by atoms with E-state index in [1.807, 2.05) is 11.4 Å². The van der Waals surface area contributed by atoms with E-state index in [9.17, 15) is 18.0 Å². The van der Waals surface area contributed by atoms with Crippen molar-refractivity contribution in [3.63, 3.8) is 0 Å². The Balaban J connectivity index is 1.39. The number of alkyl halides is 3. The normalized spacial score (nSPS) is 14.4. The van der Waals surface area contributed by atoms with Crippen molar-refractivity contribution < 1.29 is 18.0 Å². The van der Waals surface area contributed by atoms with Gasteiger partial charge in [-0.1, -0.05) is 6.42 Å². The molecule has 4 aromatic rings. The molecule has 0 radical (unpaired) electrons. The predicted molar refractivity (Wildman–Crippen MR) is 121 cm³/mol. The van der Waals surface area contributed by atoms with Gasteiger partial charge < -0.3 is 9.88 Å². The number of hydrogen-bond donors (Lipinski definition) is 1. The van der Waals surface area contributed by atoms with Crippen LogP contribution in [-0.2, 0) is 11.3 Å². The molecule has 4 aromatic heterocycles. The van der Waals surface area contributed by atoms with Gasteiger partial charge in [0, 0.05) is 35.1 Å². The van der Waals surface area contributed by atoms with Crippen molar-refractivity contribution >= 4 is 34.0 Å². The van der Waals surface area contributed by atoms with Gasteiger partial charge in [-0.15, -0.1) is 11.3 Å². The minimum Gasteiger partial charge on any atom is -0.325 e. The van der Waals surface area contributed by atoms with Gasteiger partial charge in [-0.2, -0.15) is 13.2 Å². The molecule has 1 N–H and O–H groups in total. The molecule has 6 nitrogen and oxygen atoms in total. The number of rotatable bonds is 6. The Morgan fingerprint density at radius 2 is 2.03 bits per heavy atom. The number of aromatic nitrogens is 4. The fourth-order valence-corrected chi connectivity index (χ4v) is 4.75. The zero-order valence-corrected chi connectivity index (χ0v) is 18.3. The number of pyridine rings is 1. The first kappa shape index (κ1) is 21.6. The molecular formula is C23H20F3N5OS. The van der Waals surface area contributed by atoms with E-state index in [0.717, 1.165) is 28.0 Å². The maximum absolute atomic E-state index is 12.9. The minimum atomic E-state index is -4.34. The summed E-state index contributed by atoms with van der Waals surface area (Å²) in [5.74, 6) is 0.514. The number of carbonyl (C=O) groups is 1. The van der Waals surface area contributed by atoms with E-state index < -0.39 is 12.7 Å². The molecule has 0 spiro atoms. The van der Waals surface area contributed by atoms with E-state index >= 15 is 0 Å². The van der Waals surface area contributed by atoms with Gasteiger partial charge in [-0.25, -0.2) is 9.97 Å². The summed E-state index contributed by atoms with van der Waals surface area (Å²) in [6.45, 7) is -1.11. The van der Waals surface area contributed by atoms with Gasteiger partial charge in [-0.05, 0) is 37.0 Å². The predicted octanol–water partition coefficient (Wildman–Crippen LogP) is 5.91. The first-order valence-corrected chi connectivity index (χ1v) is 11.5. The number of fused-ring (bicyclic) bond motifs is 1. The summed E-state index contributed by atoms with van der Waals surface area (Å²) >= 11 is 1.44. The summed E-state index contributed by atoms with van der Waals surface area (Å²) in [5, 5.41) is 5.38. The molecule has 1 aliphatic carbocycles. The summed E-state index contributed by atoms with van der Waals surface area (Å²) in [6, 6.07) is 5.19. The molecule has 1 amide bonds. The summed E-state index contributed by atoms with van der Waals surface area (Å²) in [7, 11) is 0. The molecule has 4 heterocycles. The number of hydrogen-bond acceptors (Lipinski definition) is 5. The third-order valence-electron chi connectivity index (χ3n) is 5.76. The summed E-state index contributed by atoms with van der Waals surface area (Å²) in [5.41, 5.74) is 2.78. The van der Waals surface area contributed by atoms with Crippen LogP contribution in [0.25, 0.3) is 32.9 Å². The Hall–Kier alpha value is -3.27. The van der Waals surface area contributed by atoms with Crippen molar-refractivity contribution in [2.24, 2.45) is 5.92 Å². The first-order chi connectivity index (χ1) is 15.9. The van der Waals surface area contributed by atoms with E-state index in [0.29, 0.717) is 34.7 Å². The monoisotopic (exact) mass is 471 g/mol. The van der Waals surface area contributed by atoms with Gasteiger partial charge in [0.15, 0.2) is 0 Å². The van der Waals surface area contributed by atoms with Crippen molar-refractivity contribution in [1.82, 2.24) is 19.5 Å². The number of anilines is 1. The van der Waals surface area contributed by atoms with E-state index in [-0.39, 0.29) is 11.6 Å². The van der Waals surface area contributed by atoms with E-state index in [1.165, 1.54) is 30.2 Å². The van der Waals surface area contributed by atoms with Gasteiger partial charge in [0.05, 0.1) is 34.3 Å². The quantitative estimate of drug-likeness (QED) is 0.379. The van der Waals surface area contributed by atoms with Crippen LogP contribution in [-0.4, -0.2) is 31.6 Å². The van der Waals surface area contributed by atoms with E-state index in [2.05, 4.69) is 20.3 Å². The van der Waals surface area contributed by atoms with Crippen molar-refractivity contribution in [2.75, 3.05) is 5.32 Å². The van der Waals surface area contributed by atoms with Gasteiger partial charge in [0.2, 0.25) is 5.91 Å². The van der Waals surface area contributed by atoms with Crippen molar-refractivity contribution in [3.05, 3.63) is 48.4 Å². The van der Waals surface area contributed by atoms with Crippen LogP contribution < -0.4 is 5.32 Å². The van der Waals surface area contributed by atoms with Crippen molar-refractivity contribution in [2.45, 2.75) is 38.4 Å². The number of halogens is 3. The average molecular weight is 472 g/mol. The van der Waals surface area contributed by atoms with Crippen LogP contribution >= 0.6 is 11.3 Å². The van der Waals surface area contributed by atoms with Crippen LogP contribution in [0.3, 0.4) is 0 Å². The molecule has 0 atom stereocenters. The molecule has 5 rings (SSSR count). The second kappa shape index (κ2) is 8.58. The third-order valence-corrected chi connectivity index (χ3v) is 6.71. The topological polar surface area (TPSA) is 72.7 Å². The zero-order valence-electron chi connectivity index (χ0n) is 17.5. The molecule has 0 aromatic carbocycles. The molecule has 10 heteroatoms. The Kier molecular flexibility index (Phi) is 5.61. The second-order valence-corrected chi connectivity index (χ2v) is 9.10. The molecule has 0 bridgehead atoms. The highest BCUT2D eigenvalue weighted by atomic mass is 32.1. The zero-order chi connectivity index (χ0) is 23.0. The largest absolute Gasteiger partial charge is 0.406 e. The highest BCUT2D eigenvalue weighted by molar-refractivity contribution is 7.14. The molecule has 0 aliphatic heterocycles. The lowest BCUT2D eigenvalue weighted by atomic mass is 9.83. The van der Waals surface area contributed by atoms with E-state index in [4.69, 9.17) is 0 Å². The van der Waals surface area contributed by atoms with Crippen LogP contribution in [0.5, 0.6) is 0 Å². The van der Waals surface area contributed by atoms with Gasteiger partial charge >= 0.3 is 6.18 Å². The number of nitrogens with one attached hydrogen (secondary N) is 1. The van der Waals surface area contributed by atoms with Crippen LogP contribution in [0.4, 0.5) is 18.9 Å². The highest BCUT2D eigenvalue weighted by Crippen LogP contribution is 2.33. The molecule has 170 valence electrons. The lowest BCUT2D eigenvalue weighted by Gasteiger charge is -2.24. The SMILES string of the molecule is O=C(CC1CCC1)Nc1csc(-c2cncc(-c3ccnc4c3ccn4CC(F)(F)F)n2)c1.